The van der Waals surface area contributed by atoms with Crippen molar-refractivity contribution in [3.05, 3.63) is 52.2 Å². The Morgan fingerprint density at radius 3 is 2.79 bits per heavy atom. The molecule has 1 fully saturated rings. The van der Waals surface area contributed by atoms with E-state index in [1.165, 1.54) is 18.4 Å². The Morgan fingerprint density at radius 2 is 2.06 bits per heavy atom. The van der Waals surface area contributed by atoms with Gasteiger partial charge < -0.3 is 19.5 Å². The molecule has 0 saturated carbocycles. The lowest BCUT2D eigenvalue weighted by atomic mass is 9.96. The molecule has 1 saturated heterocycles. The number of hydrogen-bond donors (Lipinski definition) is 1. The molecule has 182 valence electrons. The fraction of sp³-hybridized carbons (Fsp3) is 0.478. The summed E-state index contributed by atoms with van der Waals surface area (Å²) in [4.78, 5) is 43.7. The topological polar surface area (TPSA) is 98.5 Å². The number of thiazole rings is 1. The molecule has 2 aromatic heterocycles. The number of rotatable bonds is 8. The molecule has 2 amide bonds. The number of likely N-dealkylation sites (tertiary alicyclic amines) is 1. The van der Waals surface area contributed by atoms with Crippen molar-refractivity contribution in [3.63, 3.8) is 0 Å². The van der Waals surface area contributed by atoms with Crippen LogP contribution in [0.4, 0.5) is 4.79 Å². The number of esters is 1. The lowest BCUT2D eigenvalue weighted by Crippen LogP contribution is -2.50. The molecule has 3 heterocycles. The summed E-state index contributed by atoms with van der Waals surface area (Å²) in [5.41, 5.74) is 0.922. The lowest BCUT2D eigenvalue weighted by molar-refractivity contribution is -0.142. The maximum absolute atomic E-state index is 12.8. The first kappa shape index (κ1) is 24.3. The van der Waals surface area contributed by atoms with Crippen molar-refractivity contribution in [1.82, 2.24) is 24.3 Å². The van der Waals surface area contributed by atoms with Gasteiger partial charge in [-0.15, -0.1) is 0 Å². The van der Waals surface area contributed by atoms with Crippen molar-refractivity contribution in [2.75, 3.05) is 32.2 Å². The van der Waals surface area contributed by atoms with Crippen molar-refractivity contribution in [1.29, 1.82) is 0 Å². The van der Waals surface area contributed by atoms with Gasteiger partial charge in [0.1, 0.15) is 18.5 Å². The van der Waals surface area contributed by atoms with E-state index in [0.717, 1.165) is 34.6 Å². The van der Waals surface area contributed by atoms with E-state index in [4.69, 9.17) is 4.74 Å². The number of amides is 2. The minimum absolute atomic E-state index is 0.00831. The molecule has 9 nitrogen and oxygen atoms in total. The number of nitrogens with one attached hydrogen (secondary N) is 1. The second-order valence-corrected chi connectivity index (χ2v) is 10.2. The van der Waals surface area contributed by atoms with Gasteiger partial charge in [0, 0.05) is 31.4 Å². The lowest BCUT2D eigenvalue weighted by Gasteiger charge is -2.33. The van der Waals surface area contributed by atoms with Crippen LogP contribution in [-0.4, -0.2) is 69.3 Å². The maximum atomic E-state index is 12.8. The van der Waals surface area contributed by atoms with Crippen LogP contribution >= 0.6 is 23.1 Å². The molecule has 0 bridgehead atoms. The van der Waals surface area contributed by atoms with Crippen LogP contribution in [0, 0.1) is 0 Å². The van der Waals surface area contributed by atoms with Crippen LogP contribution in [0.5, 0.6) is 0 Å². The summed E-state index contributed by atoms with van der Waals surface area (Å²) in [6.45, 7) is 1.55. The number of aromatic nitrogens is 3. The van der Waals surface area contributed by atoms with Gasteiger partial charge in [-0.1, -0.05) is 23.5 Å². The Morgan fingerprint density at radius 1 is 1.29 bits per heavy atom. The molecule has 0 radical (unpaired) electrons. The average molecular weight is 504 g/mol. The number of piperidine rings is 1. The number of nitrogens with zero attached hydrogens (tertiary/aromatic N) is 4. The van der Waals surface area contributed by atoms with E-state index in [9.17, 15) is 14.4 Å². The number of thioether (sulfide) groups is 1. The first-order valence-electron chi connectivity index (χ1n) is 11.2. The van der Waals surface area contributed by atoms with E-state index in [1.807, 2.05) is 41.3 Å². The number of urea groups is 1. The fourth-order valence-electron chi connectivity index (χ4n) is 4.31. The van der Waals surface area contributed by atoms with Crippen LogP contribution in [-0.2, 0) is 16.2 Å². The molecule has 1 N–H and O–H groups in total. The molecule has 4 rings (SSSR count). The van der Waals surface area contributed by atoms with Crippen molar-refractivity contribution in [3.8, 4) is 0 Å². The van der Waals surface area contributed by atoms with E-state index in [0.29, 0.717) is 26.2 Å². The zero-order chi connectivity index (χ0) is 24.1. The predicted molar refractivity (Wildman–Crippen MR) is 135 cm³/mol. The Bertz CT molecular complexity index is 1200. The number of ether oxygens (including phenoxy) is 1. The number of benzene rings is 1. The van der Waals surface area contributed by atoms with Gasteiger partial charge in [0.25, 0.3) is 0 Å². The normalized spacial score (nSPS) is 15.4. The number of hydrogen-bond acceptors (Lipinski definition) is 7. The molecule has 1 aliphatic heterocycles. The summed E-state index contributed by atoms with van der Waals surface area (Å²) in [6, 6.07) is 6.91. The zero-order valence-electron chi connectivity index (χ0n) is 19.3. The van der Waals surface area contributed by atoms with Crippen molar-refractivity contribution < 1.29 is 14.3 Å². The molecular formula is C23H29N5O4S2. The van der Waals surface area contributed by atoms with Gasteiger partial charge in [0.2, 0.25) is 0 Å². The summed E-state index contributed by atoms with van der Waals surface area (Å²) in [5, 5.41) is 2.83. The van der Waals surface area contributed by atoms with E-state index in [-0.39, 0.29) is 16.8 Å². The van der Waals surface area contributed by atoms with E-state index < -0.39 is 12.0 Å². The van der Waals surface area contributed by atoms with Crippen LogP contribution in [0.3, 0.4) is 0 Å². The number of imidazole rings is 1. The standard InChI is InChI=1S/C23H29N5O4S2/c1-32-21(29)17(9-14-33-2)25-22(30)26-11-7-16(8-12-26)20-24-10-13-27(20)15-28-18-5-3-4-6-19(18)34-23(28)31/h3-6,10,13,16-17H,7-9,11-12,14-15H2,1-2H3,(H,25,30). The van der Waals surface area contributed by atoms with E-state index in [2.05, 4.69) is 10.3 Å². The highest BCUT2D eigenvalue weighted by Gasteiger charge is 2.29. The molecule has 1 unspecified atom stereocenters. The van der Waals surface area contributed by atoms with Crippen molar-refractivity contribution in [2.24, 2.45) is 0 Å². The van der Waals surface area contributed by atoms with E-state index >= 15 is 0 Å². The van der Waals surface area contributed by atoms with Gasteiger partial charge in [0.05, 0.1) is 17.3 Å². The molecule has 34 heavy (non-hydrogen) atoms. The molecule has 1 aliphatic rings. The minimum Gasteiger partial charge on any atom is -0.467 e. The third-order valence-corrected chi connectivity index (χ3v) is 7.76. The second kappa shape index (κ2) is 11.1. The van der Waals surface area contributed by atoms with Crippen LogP contribution in [0.15, 0.2) is 41.5 Å². The van der Waals surface area contributed by atoms with Crippen LogP contribution < -0.4 is 10.2 Å². The highest BCUT2D eigenvalue weighted by Crippen LogP contribution is 2.27. The van der Waals surface area contributed by atoms with Crippen molar-refractivity contribution >= 4 is 45.3 Å². The highest BCUT2D eigenvalue weighted by molar-refractivity contribution is 7.98. The molecule has 3 aromatic rings. The third-order valence-electron chi connectivity index (χ3n) is 6.16. The van der Waals surface area contributed by atoms with Crippen LogP contribution in [0.25, 0.3) is 10.2 Å². The molecule has 11 heteroatoms. The number of methoxy groups -OCH3 is 1. The number of fused-ring (bicyclic) bond motifs is 1. The minimum atomic E-state index is -0.639. The van der Waals surface area contributed by atoms with Crippen LogP contribution in [0.2, 0.25) is 0 Å². The van der Waals surface area contributed by atoms with E-state index in [1.54, 1.807) is 27.4 Å². The summed E-state index contributed by atoms with van der Waals surface area (Å²) in [6.07, 6.45) is 7.68. The molecular weight excluding hydrogens is 474 g/mol. The molecule has 1 atom stereocenters. The van der Waals surface area contributed by atoms with Gasteiger partial charge >= 0.3 is 16.9 Å². The Balaban J connectivity index is 1.39. The predicted octanol–water partition coefficient (Wildman–Crippen LogP) is 2.95. The third kappa shape index (κ3) is 5.30. The first-order valence-corrected chi connectivity index (χ1v) is 13.4. The average Bonchev–Trinajstić information content (AvgIpc) is 3.45. The first-order chi connectivity index (χ1) is 16.5. The highest BCUT2D eigenvalue weighted by atomic mass is 32.2. The summed E-state index contributed by atoms with van der Waals surface area (Å²) in [5.74, 6) is 1.45. The van der Waals surface area contributed by atoms with Crippen LogP contribution in [0.1, 0.15) is 31.0 Å². The summed E-state index contributed by atoms with van der Waals surface area (Å²) < 4.78 is 9.61. The molecule has 0 spiro atoms. The monoisotopic (exact) mass is 503 g/mol. The van der Waals surface area contributed by atoms with Gasteiger partial charge in [-0.3, -0.25) is 9.36 Å². The Kier molecular flexibility index (Phi) is 7.94. The number of carbonyl (C=O) groups excluding carboxylic acids is 2. The van der Waals surface area contributed by atoms with Crippen molar-refractivity contribution in [2.45, 2.75) is 37.9 Å². The largest absolute Gasteiger partial charge is 0.467 e. The smallest absolute Gasteiger partial charge is 0.328 e. The Labute approximate surface area is 206 Å². The molecule has 1 aromatic carbocycles. The summed E-state index contributed by atoms with van der Waals surface area (Å²) in [7, 11) is 1.33. The SMILES string of the molecule is COC(=O)C(CCSC)NC(=O)N1CCC(c2nccn2Cn2c(=O)sc3ccccc32)CC1. The number of carbonyl (C=O) groups is 2. The molecule has 0 aliphatic carbocycles. The van der Waals surface area contributed by atoms with Gasteiger partial charge in [0.15, 0.2) is 0 Å². The maximum Gasteiger partial charge on any atom is 0.328 e. The fourth-order valence-corrected chi connectivity index (χ4v) is 5.66. The quantitative estimate of drug-likeness (QED) is 0.475. The summed E-state index contributed by atoms with van der Waals surface area (Å²) >= 11 is 2.87. The number of para-hydroxylation sites is 1. The van der Waals surface area contributed by atoms with Gasteiger partial charge in [-0.2, -0.15) is 11.8 Å². The Hall–Kier alpha value is -2.79. The second-order valence-electron chi connectivity index (χ2n) is 8.23. The zero-order valence-corrected chi connectivity index (χ0v) is 20.9. The van der Waals surface area contributed by atoms with Gasteiger partial charge in [-0.05, 0) is 43.4 Å². The van der Waals surface area contributed by atoms with Gasteiger partial charge in [-0.25, -0.2) is 14.6 Å².